The molecule has 26 heavy (non-hydrogen) atoms. The summed E-state index contributed by atoms with van der Waals surface area (Å²) in [5.41, 5.74) is 1.12. The Morgan fingerprint density at radius 1 is 1.19 bits per heavy atom. The molecule has 0 aromatic heterocycles. The van der Waals surface area contributed by atoms with Crippen LogP contribution >= 0.6 is 0 Å². The van der Waals surface area contributed by atoms with Crippen molar-refractivity contribution in [2.45, 2.75) is 45.6 Å². The number of carbonyl (C=O) groups excluding carboxylic acids is 1. The molecule has 146 valence electrons. The Morgan fingerprint density at radius 3 is 2.62 bits per heavy atom. The van der Waals surface area contributed by atoms with Crippen LogP contribution in [0.5, 0.6) is 5.75 Å². The predicted molar refractivity (Wildman–Crippen MR) is 106 cm³/mol. The summed E-state index contributed by atoms with van der Waals surface area (Å²) >= 11 is 0. The molecule has 0 saturated carbocycles. The quantitative estimate of drug-likeness (QED) is 0.283. The number of benzene rings is 1. The third kappa shape index (κ3) is 8.23. The molecule has 0 aliphatic heterocycles. The SMILES string of the molecule is CCOC(=O)CCCCCCNC(=NC)N(C)Cc1ccccc1OC. The van der Waals surface area contributed by atoms with E-state index in [0.29, 0.717) is 13.0 Å². The van der Waals surface area contributed by atoms with Crippen LogP contribution in [0, 0.1) is 0 Å². The van der Waals surface area contributed by atoms with Gasteiger partial charge in [0, 0.05) is 39.2 Å². The number of aliphatic imine (C=N–C) groups is 1. The molecule has 0 amide bonds. The topological polar surface area (TPSA) is 63.2 Å². The van der Waals surface area contributed by atoms with Gasteiger partial charge in [-0.25, -0.2) is 0 Å². The van der Waals surface area contributed by atoms with Crippen LogP contribution in [0.15, 0.2) is 29.3 Å². The number of para-hydroxylation sites is 1. The molecule has 0 heterocycles. The van der Waals surface area contributed by atoms with E-state index in [2.05, 4.69) is 21.3 Å². The van der Waals surface area contributed by atoms with Crippen molar-refractivity contribution in [3.63, 3.8) is 0 Å². The van der Waals surface area contributed by atoms with Crippen LogP contribution in [-0.4, -0.2) is 51.2 Å². The molecule has 0 unspecified atom stereocenters. The second-order valence-corrected chi connectivity index (χ2v) is 6.11. The molecule has 6 heteroatoms. The maximum atomic E-state index is 11.3. The molecule has 1 rings (SSSR count). The number of methoxy groups -OCH3 is 1. The summed E-state index contributed by atoms with van der Waals surface area (Å²) in [6.07, 6.45) is 4.58. The van der Waals surface area contributed by atoms with Crippen molar-refractivity contribution in [3.05, 3.63) is 29.8 Å². The largest absolute Gasteiger partial charge is 0.496 e. The zero-order valence-electron chi connectivity index (χ0n) is 16.6. The third-order valence-corrected chi connectivity index (χ3v) is 4.07. The molecule has 1 aromatic rings. The van der Waals surface area contributed by atoms with Crippen LogP contribution in [0.3, 0.4) is 0 Å². The van der Waals surface area contributed by atoms with E-state index in [1.54, 1.807) is 14.2 Å². The minimum atomic E-state index is -0.0935. The van der Waals surface area contributed by atoms with Gasteiger partial charge in [-0.15, -0.1) is 0 Å². The third-order valence-electron chi connectivity index (χ3n) is 4.07. The lowest BCUT2D eigenvalue weighted by molar-refractivity contribution is -0.143. The fraction of sp³-hybridized carbons (Fsp3) is 0.600. The Balaban J connectivity index is 2.27. The Hall–Kier alpha value is -2.24. The fourth-order valence-corrected chi connectivity index (χ4v) is 2.73. The standard InChI is InChI=1S/C20H33N3O3/c1-5-26-19(24)14-8-6-7-11-15-22-20(21-2)23(3)16-17-12-9-10-13-18(17)25-4/h9-10,12-13H,5-8,11,14-16H2,1-4H3,(H,21,22). The Labute approximate surface area is 157 Å². The highest BCUT2D eigenvalue weighted by atomic mass is 16.5. The number of guanidine groups is 1. The number of carbonyl (C=O) groups is 1. The van der Waals surface area contributed by atoms with Crippen LogP contribution in [0.25, 0.3) is 0 Å². The van der Waals surface area contributed by atoms with E-state index >= 15 is 0 Å². The molecule has 0 aliphatic carbocycles. The highest BCUT2D eigenvalue weighted by molar-refractivity contribution is 5.79. The number of unbranched alkanes of at least 4 members (excludes halogenated alkanes) is 3. The van der Waals surface area contributed by atoms with Crippen molar-refractivity contribution in [2.75, 3.05) is 34.4 Å². The van der Waals surface area contributed by atoms with E-state index < -0.39 is 0 Å². The van der Waals surface area contributed by atoms with Crippen LogP contribution in [-0.2, 0) is 16.1 Å². The zero-order valence-corrected chi connectivity index (χ0v) is 16.6. The lowest BCUT2D eigenvalue weighted by atomic mass is 10.1. The van der Waals surface area contributed by atoms with Crippen molar-refractivity contribution in [2.24, 2.45) is 4.99 Å². The molecule has 0 spiro atoms. The number of ether oxygens (including phenoxy) is 2. The number of nitrogens with one attached hydrogen (secondary N) is 1. The van der Waals surface area contributed by atoms with Gasteiger partial charge >= 0.3 is 5.97 Å². The molecule has 0 saturated heterocycles. The highest BCUT2D eigenvalue weighted by Gasteiger charge is 2.09. The molecule has 6 nitrogen and oxygen atoms in total. The van der Waals surface area contributed by atoms with Crippen molar-refractivity contribution in [1.82, 2.24) is 10.2 Å². The Morgan fingerprint density at radius 2 is 1.92 bits per heavy atom. The van der Waals surface area contributed by atoms with E-state index in [1.165, 1.54) is 0 Å². The van der Waals surface area contributed by atoms with Gasteiger partial charge in [-0.3, -0.25) is 9.79 Å². The number of esters is 1. The first-order chi connectivity index (χ1) is 12.6. The van der Waals surface area contributed by atoms with E-state index in [0.717, 1.165) is 56.0 Å². The van der Waals surface area contributed by atoms with Crippen LogP contribution in [0.4, 0.5) is 0 Å². The first-order valence-corrected chi connectivity index (χ1v) is 9.31. The Kier molecular flexibility index (Phi) is 10.9. The minimum Gasteiger partial charge on any atom is -0.496 e. The number of rotatable bonds is 11. The maximum absolute atomic E-state index is 11.3. The van der Waals surface area contributed by atoms with Gasteiger partial charge < -0.3 is 19.7 Å². The first-order valence-electron chi connectivity index (χ1n) is 9.31. The average molecular weight is 364 g/mol. The van der Waals surface area contributed by atoms with Crippen LogP contribution in [0.2, 0.25) is 0 Å². The monoisotopic (exact) mass is 363 g/mol. The van der Waals surface area contributed by atoms with Crippen molar-refractivity contribution in [1.29, 1.82) is 0 Å². The maximum Gasteiger partial charge on any atom is 0.305 e. The zero-order chi connectivity index (χ0) is 19.2. The molecule has 0 bridgehead atoms. The summed E-state index contributed by atoms with van der Waals surface area (Å²) in [6, 6.07) is 8.01. The van der Waals surface area contributed by atoms with Gasteiger partial charge in [0.15, 0.2) is 5.96 Å². The highest BCUT2D eigenvalue weighted by Crippen LogP contribution is 2.18. The van der Waals surface area contributed by atoms with Crippen molar-refractivity contribution < 1.29 is 14.3 Å². The smallest absolute Gasteiger partial charge is 0.305 e. The predicted octanol–water partition coefficient (Wildman–Crippen LogP) is 3.22. The van der Waals surface area contributed by atoms with Gasteiger partial charge in [0.05, 0.1) is 13.7 Å². The van der Waals surface area contributed by atoms with Gasteiger partial charge in [-0.1, -0.05) is 31.0 Å². The number of nitrogens with zero attached hydrogens (tertiary/aromatic N) is 2. The number of hydrogen-bond donors (Lipinski definition) is 1. The fourth-order valence-electron chi connectivity index (χ4n) is 2.73. The molecular weight excluding hydrogens is 330 g/mol. The average Bonchev–Trinajstić information content (AvgIpc) is 2.64. The molecule has 0 fully saturated rings. The molecule has 1 N–H and O–H groups in total. The Bertz CT molecular complexity index is 561. The van der Waals surface area contributed by atoms with E-state index in [-0.39, 0.29) is 5.97 Å². The summed E-state index contributed by atoms with van der Waals surface area (Å²) in [6.45, 7) is 3.89. The minimum absolute atomic E-state index is 0.0935. The summed E-state index contributed by atoms with van der Waals surface area (Å²) in [7, 11) is 5.50. The summed E-state index contributed by atoms with van der Waals surface area (Å²) in [4.78, 5) is 17.7. The first kappa shape index (κ1) is 21.8. The van der Waals surface area contributed by atoms with E-state index in [9.17, 15) is 4.79 Å². The van der Waals surface area contributed by atoms with Gasteiger partial charge in [-0.05, 0) is 25.8 Å². The van der Waals surface area contributed by atoms with Crippen LogP contribution < -0.4 is 10.1 Å². The van der Waals surface area contributed by atoms with Gasteiger partial charge in [-0.2, -0.15) is 0 Å². The normalized spacial score (nSPS) is 11.2. The van der Waals surface area contributed by atoms with Crippen molar-refractivity contribution in [3.8, 4) is 5.75 Å². The molecule has 0 radical (unpaired) electrons. The molecule has 0 atom stereocenters. The molecular formula is C20H33N3O3. The number of hydrogen-bond acceptors (Lipinski definition) is 4. The lowest BCUT2D eigenvalue weighted by Gasteiger charge is -2.23. The van der Waals surface area contributed by atoms with E-state index in [4.69, 9.17) is 9.47 Å². The van der Waals surface area contributed by atoms with Crippen molar-refractivity contribution >= 4 is 11.9 Å². The van der Waals surface area contributed by atoms with E-state index in [1.807, 2.05) is 32.2 Å². The van der Waals surface area contributed by atoms with Crippen LogP contribution in [0.1, 0.15) is 44.6 Å². The van der Waals surface area contributed by atoms with Gasteiger partial charge in [0.25, 0.3) is 0 Å². The molecule has 1 aromatic carbocycles. The second kappa shape index (κ2) is 13.0. The molecule has 0 aliphatic rings. The van der Waals surface area contributed by atoms with Gasteiger partial charge in [0.2, 0.25) is 0 Å². The summed E-state index contributed by atoms with van der Waals surface area (Å²) in [5, 5.41) is 3.39. The second-order valence-electron chi connectivity index (χ2n) is 6.11. The van der Waals surface area contributed by atoms with Gasteiger partial charge in [0.1, 0.15) is 5.75 Å². The lowest BCUT2D eigenvalue weighted by Crippen LogP contribution is -2.38. The summed E-state index contributed by atoms with van der Waals surface area (Å²) < 4.78 is 10.3. The summed E-state index contributed by atoms with van der Waals surface area (Å²) in [5.74, 6) is 1.66.